The molecule has 0 bridgehead atoms. The smallest absolute Gasteiger partial charge is 0.378 e. The Balaban J connectivity index is 2.10. The van der Waals surface area contributed by atoms with Crippen LogP contribution < -0.4 is 0 Å². The molecule has 0 amide bonds. The van der Waals surface area contributed by atoms with Crippen molar-refractivity contribution in [2.45, 2.75) is 45.6 Å². The number of rotatable bonds is 3. The minimum atomic E-state index is -0.434. The van der Waals surface area contributed by atoms with E-state index in [1.54, 1.807) is 11.6 Å². The Morgan fingerprint density at radius 3 is 2.76 bits per heavy atom. The van der Waals surface area contributed by atoms with Gasteiger partial charge in [-0.25, -0.2) is 9.48 Å². The highest BCUT2D eigenvalue weighted by Crippen LogP contribution is 2.31. The molecule has 0 aromatic carbocycles. The van der Waals surface area contributed by atoms with Crippen molar-refractivity contribution < 1.29 is 9.53 Å². The second kappa shape index (κ2) is 5.25. The summed E-state index contributed by atoms with van der Waals surface area (Å²) in [7, 11) is 0. The van der Waals surface area contributed by atoms with E-state index in [1.807, 2.05) is 0 Å². The minimum absolute atomic E-state index is 0.228. The molecule has 1 fully saturated rings. The van der Waals surface area contributed by atoms with Crippen molar-refractivity contribution in [2.24, 2.45) is 5.92 Å². The SMILES string of the molecule is CCOC(=O)c1nnnn1C1CCC(C)CC1. The van der Waals surface area contributed by atoms with Gasteiger partial charge in [0.15, 0.2) is 0 Å². The summed E-state index contributed by atoms with van der Waals surface area (Å²) < 4.78 is 6.57. The number of aromatic nitrogens is 4. The second-order valence-electron chi connectivity index (χ2n) is 4.58. The average Bonchev–Trinajstić information content (AvgIpc) is 2.79. The highest BCUT2D eigenvalue weighted by molar-refractivity contribution is 5.85. The Labute approximate surface area is 100 Å². The fourth-order valence-electron chi connectivity index (χ4n) is 2.26. The molecule has 1 saturated carbocycles. The molecule has 6 nitrogen and oxygen atoms in total. The summed E-state index contributed by atoms with van der Waals surface area (Å²) in [6, 6.07) is 0.237. The lowest BCUT2D eigenvalue weighted by Gasteiger charge is -2.26. The van der Waals surface area contributed by atoms with Gasteiger partial charge in [0.1, 0.15) is 0 Å². The van der Waals surface area contributed by atoms with Gasteiger partial charge in [0.05, 0.1) is 12.6 Å². The third kappa shape index (κ3) is 2.62. The van der Waals surface area contributed by atoms with E-state index in [9.17, 15) is 4.79 Å². The number of hydrogen-bond donors (Lipinski definition) is 0. The van der Waals surface area contributed by atoms with Crippen molar-refractivity contribution >= 4 is 5.97 Å². The fraction of sp³-hybridized carbons (Fsp3) is 0.818. The number of hydrogen-bond acceptors (Lipinski definition) is 5. The van der Waals surface area contributed by atoms with Crippen LogP contribution in [0.3, 0.4) is 0 Å². The standard InChI is InChI=1S/C11H18N4O2/c1-3-17-11(16)10-12-13-14-15(10)9-6-4-8(2)5-7-9/h8-9H,3-7H2,1-2H3. The van der Waals surface area contributed by atoms with Crippen LogP contribution in [0.25, 0.3) is 0 Å². The highest BCUT2D eigenvalue weighted by atomic mass is 16.5. The Morgan fingerprint density at radius 2 is 2.12 bits per heavy atom. The van der Waals surface area contributed by atoms with E-state index < -0.39 is 5.97 Å². The van der Waals surface area contributed by atoms with E-state index in [0.717, 1.165) is 31.6 Å². The van der Waals surface area contributed by atoms with Crippen molar-refractivity contribution in [1.82, 2.24) is 20.2 Å². The highest BCUT2D eigenvalue weighted by Gasteiger charge is 2.26. The van der Waals surface area contributed by atoms with Gasteiger partial charge in [0, 0.05) is 0 Å². The molecule has 2 rings (SSSR count). The van der Waals surface area contributed by atoms with Crippen molar-refractivity contribution in [3.8, 4) is 0 Å². The lowest BCUT2D eigenvalue weighted by atomic mass is 9.87. The van der Waals surface area contributed by atoms with Crippen LogP contribution in [0.4, 0.5) is 0 Å². The first kappa shape index (κ1) is 12.0. The number of carbonyl (C=O) groups excluding carboxylic acids is 1. The Hall–Kier alpha value is -1.46. The topological polar surface area (TPSA) is 69.9 Å². The van der Waals surface area contributed by atoms with Gasteiger partial charge < -0.3 is 4.74 Å². The van der Waals surface area contributed by atoms with E-state index in [1.165, 1.54) is 0 Å². The third-order valence-corrected chi connectivity index (χ3v) is 3.28. The Bertz CT molecular complexity index is 383. The predicted octanol–water partition coefficient (Wildman–Crippen LogP) is 1.60. The third-order valence-electron chi connectivity index (χ3n) is 3.28. The first-order chi connectivity index (χ1) is 8.22. The van der Waals surface area contributed by atoms with Crippen molar-refractivity contribution in [3.05, 3.63) is 5.82 Å². The minimum Gasteiger partial charge on any atom is -0.460 e. The zero-order valence-electron chi connectivity index (χ0n) is 10.3. The van der Waals surface area contributed by atoms with Gasteiger partial charge in [-0.2, -0.15) is 0 Å². The Morgan fingerprint density at radius 1 is 1.41 bits per heavy atom. The Kier molecular flexibility index (Phi) is 3.71. The van der Waals surface area contributed by atoms with Gasteiger partial charge in [-0.1, -0.05) is 6.92 Å². The van der Waals surface area contributed by atoms with Gasteiger partial charge in [-0.3, -0.25) is 0 Å². The first-order valence-electron chi connectivity index (χ1n) is 6.17. The van der Waals surface area contributed by atoms with Crippen LogP contribution in [-0.4, -0.2) is 32.8 Å². The number of ether oxygens (including phenoxy) is 1. The maximum absolute atomic E-state index is 11.6. The molecule has 1 aromatic heterocycles. The maximum atomic E-state index is 11.6. The predicted molar refractivity (Wildman–Crippen MR) is 60.4 cm³/mol. The molecular formula is C11H18N4O2. The second-order valence-corrected chi connectivity index (χ2v) is 4.58. The van der Waals surface area contributed by atoms with Gasteiger partial charge >= 0.3 is 5.97 Å². The molecule has 0 spiro atoms. The number of esters is 1. The summed E-state index contributed by atoms with van der Waals surface area (Å²) in [6.07, 6.45) is 4.37. The summed E-state index contributed by atoms with van der Waals surface area (Å²) in [4.78, 5) is 11.6. The number of tetrazole rings is 1. The average molecular weight is 238 g/mol. The van der Waals surface area contributed by atoms with E-state index in [0.29, 0.717) is 6.61 Å². The van der Waals surface area contributed by atoms with Gasteiger partial charge in [-0.15, -0.1) is 5.10 Å². The lowest BCUT2D eigenvalue weighted by Crippen LogP contribution is -2.22. The van der Waals surface area contributed by atoms with Crippen molar-refractivity contribution in [2.75, 3.05) is 6.61 Å². The monoisotopic (exact) mass is 238 g/mol. The molecule has 0 N–H and O–H groups in total. The first-order valence-corrected chi connectivity index (χ1v) is 6.17. The maximum Gasteiger partial charge on any atom is 0.378 e. The summed E-state index contributed by atoms with van der Waals surface area (Å²) in [5, 5.41) is 11.3. The molecule has 0 atom stereocenters. The molecule has 0 radical (unpaired) electrons. The summed E-state index contributed by atoms with van der Waals surface area (Å²) in [5.74, 6) is 0.552. The lowest BCUT2D eigenvalue weighted by molar-refractivity contribution is 0.0498. The van der Waals surface area contributed by atoms with Gasteiger partial charge in [0.25, 0.3) is 5.82 Å². The summed E-state index contributed by atoms with van der Waals surface area (Å²) in [6.45, 7) is 4.36. The molecule has 0 saturated heterocycles. The molecule has 17 heavy (non-hydrogen) atoms. The molecule has 0 unspecified atom stereocenters. The zero-order chi connectivity index (χ0) is 12.3. The van der Waals surface area contributed by atoms with Gasteiger partial charge in [-0.05, 0) is 49.0 Å². The van der Waals surface area contributed by atoms with Crippen molar-refractivity contribution in [1.29, 1.82) is 0 Å². The van der Waals surface area contributed by atoms with Crippen molar-refractivity contribution in [3.63, 3.8) is 0 Å². The van der Waals surface area contributed by atoms with Crippen LogP contribution in [0.15, 0.2) is 0 Å². The normalized spacial score (nSPS) is 24.6. The number of carbonyl (C=O) groups is 1. The summed E-state index contributed by atoms with van der Waals surface area (Å²) in [5.41, 5.74) is 0. The van der Waals surface area contributed by atoms with Crippen LogP contribution in [-0.2, 0) is 4.74 Å². The largest absolute Gasteiger partial charge is 0.460 e. The van der Waals surface area contributed by atoms with Gasteiger partial charge in [0.2, 0.25) is 0 Å². The molecule has 94 valence electrons. The molecule has 1 aliphatic carbocycles. The van der Waals surface area contributed by atoms with Crippen LogP contribution >= 0.6 is 0 Å². The van der Waals surface area contributed by atoms with Crippen LogP contribution in [0, 0.1) is 5.92 Å². The zero-order valence-corrected chi connectivity index (χ0v) is 10.3. The molecule has 6 heteroatoms. The molecule has 1 aromatic rings. The fourth-order valence-corrected chi connectivity index (χ4v) is 2.26. The summed E-state index contributed by atoms with van der Waals surface area (Å²) >= 11 is 0. The van der Waals surface area contributed by atoms with Crippen LogP contribution in [0.5, 0.6) is 0 Å². The molecule has 1 aliphatic rings. The molecular weight excluding hydrogens is 220 g/mol. The van der Waals surface area contributed by atoms with E-state index in [-0.39, 0.29) is 11.9 Å². The van der Waals surface area contributed by atoms with Crippen LogP contribution in [0.2, 0.25) is 0 Å². The number of nitrogens with zero attached hydrogens (tertiary/aromatic N) is 4. The quantitative estimate of drug-likeness (QED) is 0.748. The molecule has 0 aliphatic heterocycles. The van der Waals surface area contributed by atoms with E-state index >= 15 is 0 Å². The van der Waals surface area contributed by atoms with Crippen LogP contribution in [0.1, 0.15) is 56.2 Å². The van der Waals surface area contributed by atoms with E-state index in [2.05, 4.69) is 22.4 Å². The molecule has 1 heterocycles. The van der Waals surface area contributed by atoms with E-state index in [4.69, 9.17) is 4.74 Å².